The zero-order valence-corrected chi connectivity index (χ0v) is 14.6. The maximum absolute atomic E-state index is 12.0. The first kappa shape index (κ1) is 17.0. The van der Waals surface area contributed by atoms with Gasteiger partial charge in [-0.25, -0.2) is 4.98 Å². The van der Waals surface area contributed by atoms with Crippen molar-refractivity contribution in [2.75, 3.05) is 12.0 Å². The largest absolute Gasteiger partial charge is 0.341 e. The Balaban J connectivity index is 1.93. The lowest BCUT2D eigenvalue weighted by atomic mass is 10.0. The molecule has 0 saturated carbocycles. The van der Waals surface area contributed by atoms with E-state index in [0.717, 1.165) is 9.90 Å². The smallest absolute Gasteiger partial charge is 0.231 e. The van der Waals surface area contributed by atoms with Crippen LogP contribution in [0.1, 0.15) is 18.5 Å². The molecule has 0 fully saturated rings. The number of amides is 1. The summed E-state index contributed by atoms with van der Waals surface area (Å²) in [4.78, 5) is 28.1. The molecule has 0 radical (unpaired) electrons. The van der Waals surface area contributed by atoms with E-state index in [1.807, 2.05) is 36.6 Å². The standard InChI is InChI=1S/C14H15N3O2S3/c1-9(18)12(10-6-4-3-5-7-10)15-11(19)8-21-14-16-13(20-2)17-22-14/h3-7,12H,8H2,1-2H3,(H,15,19)/t12-/m0/s1. The van der Waals surface area contributed by atoms with Crippen molar-refractivity contribution >= 4 is 46.7 Å². The first-order chi connectivity index (χ1) is 10.6. The Labute approximate surface area is 141 Å². The van der Waals surface area contributed by atoms with Gasteiger partial charge in [-0.3, -0.25) is 9.59 Å². The summed E-state index contributed by atoms with van der Waals surface area (Å²) in [6, 6.07) is 8.61. The maximum atomic E-state index is 12.0. The van der Waals surface area contributed by atoms with Crippen LogP contribution in [0.4, 0.5) is 0 Å². The summed E-state index contributed by atoms with van der Waals surface area (Å²) in [7, 11) is 0. The fourth-order valence-electron chi connectivity index (χ4n) is 1.73. The fraction of sp³-hybridized carbons (Fsp3) is 0.286. The number of rotatable bonds is 7. The minimum atomic E-state index is -0.606. The van der Waals surface area contributed by atoms with Gasteiger partial charge in [0.05, 0.1) is 5.75 Å². The van der Waals surface area contributed by atoms with Gasteiger partial charge in [-0.1, -0.05) is 53.9 Å². The summed E-state index contributed by atoms with van der Waals surface area (Å²) in [6.07, 6.45) is 1.90. The number of aromatic nitrogens is 2. The molecule has 1 aromatic heterocycles. The molecule has 0 spiro atoms. The van der Waals surface area contributed by atoms with Crippen molar-refractivity contribution in [1.29, 1.82) is 0 Å². The van der Waals surface area contributed by atoms with Crippen LogP contribution in [-0.2, 0) is 9.59 Å². The van der Waals surface area contributed by atoms with E-state index in [0.29, 0.717) is 5.16 Å². The van der Waals surface area contributed by atoms with Crippen molar-refractivity contribution in [3.05, 3.63) is 35.9 Å². The number of benzene rings is 1. The molecule has 8 heteroatoms. The summed E-state index contributed by atoms with van der Waals surface area (Å²) in [5.41, 5.74) is 0.786. The van der Waals surface area contributed by atoms with Crippen molar-refractivity contribution in [2.45, 2.75) is 22.5 Å². The van der Waals surface area contributed by atoms with Crippen molar-refractivity contribution in [1.82, 2.24) is 14.7 Å². The Kier molecular flexibility index (Phi) is 6.41. The zero-order valence-electron chi connectivity index (χ0n) is 12.1. The molecule has 0 aliphatic rings. The lowest BCUT2D eigenvalue weighted by Gasteiger charge is -2.15. The monoisotopic (exact) mass is 353 g/mol. The molecule has 1 atom stereocenters. The van der Waals surface area contributed by atoms with Gasteiger partial charge in [0.2, 0.25) is 11.1 Å². The normalized spacial score (nSPS) is 11.9. The number of nitrogens with one attached hydrogen (secondary N) is 1. The Bertz CT molecular complexity index is 646. The summed E-state index contributed by atoms with van der Waals surface area (Å²) < 4.78 is 4.88. The van der Waals surface area contributed by atoms with Gasteiger partial charge in [0, 0.05) is 0 Å². The molecule has 22 heavy (non-hydrogen) atoms. The van der Waals surface area contributed by atoms with E-state index in [4.69, 9.17) is 0 Å². The highest BCUT2D eigenvalue weighted by Gasteiger charge is 2.19. The maximum Gasteiger partial charge on any atom is 0.231 e. The van der Waals surface area contributed by atoms with E-state index < -0.39 is 6.04 Å². The van der Waals surface area contributed by atoms with Crippen LogP contribution in [0.2, 0.25) is 0 Å². The molecule has 5 nitrogen and oxygen atoms in total. The molecule has 2 rings (SSSR count). The molecule has 1 aromatic carbocycles. The van der Waals surface area contributed by atoms with Crippen LogP contribution >= 0.6 is 35.1 Å². The predicted octanol–water partition coefficient (Wildman–Crippen LogP) is 2.80. The Morgan fingerprint density at radius 3 is 2.64 bits per heavy atom. The molecule has 1 N–H and O–H groups in total. The van der Waals surface area contributed by atoms with Crippen molar-refractivity contribution < 1.29 is 9.59 Å². The summed E-state index contributed by atoms with van der Waals surface area (Å²) in [5.74, 6) is -0.0836. The van der Waals surface area contributed by atoms with Crippen molar-refractivity contribution in [3.8, 4) is 0 Å². The van der Waals surface area contributed by atoms with Crippen molar-refractivity contribution in [3.63, 3.8) is 0 Å². The molecule has 0 aliphatic heterocycles. The lowest BCUT2D eigenvalue weighted by Crippen LogP contribution is -2.33. The third kappa shape index (κ3) is 4.82. The van der Waals surface area contributed by atoms with E-state index in [1.165, 1.54) is 42.0 Å². The molecule has 1 heterocycles. The third-order valence-electron chi connectivity index (χ3n) is 2.74. The van der Waals surface area contributed by atoms with Gasteiger partial charge in [-0.05, 0) is 30.3 Å². The van der Waals surface area contributed by atoms with Gasteiger partial charge in [0.25, 0.3) is 0 Å². The Morgan fingerprint density at radius 2 is 2.05 bits per heavy atom. The zero-order chi connectivity index (χ0) is 15.9. The lowest BCUT2D eigenvalue weighted by molar-refractivity contribution is -0.125. The topological polar surface area (TPSA) is 72.0 Å². The second-order valence-corrected chi connectivity index (χ2v) is 7.11. The molecule has 0 unspecified atom stereocenters. The molecule has 0 bridgehead atoms. The van der Waals surface area contributed by atoms with Gasteiger partial charge >= 0.3 is 0 Å². The van der Waals surface area contributed by atoms with E-state index in [9.17, 15) is 9.59 Å². The highest BCUT2D eigenvalue weighted by atomic mass is 32.2. The fourth-order valence-corrected chi connectivity index (χ4v) is 3.75. The van der Waals surface area contributed by atoms with E-state index >= 15 is 0 Å². The van der Waals surface area contributed by atoms with Crippen LogP contribution in [0.25, 0.3) is 0 Å². The predicted molar refractivity (Wildman–Crippen MR) is 90.4 cm³/mol. The minimum absolute atomic E-state index is 0.0925. The second-order valence-electron chi connectivity index (χ2n) is 4.36. The van der Waals surface area contributed by atoms with E-state index in [-0.39, 0.29) is 17.4 Å². The van der Waals surface area contributed by atoms with Crippen LogP contribution < -0.4 is 5.32 Å². The second kappa shape index (κ2) is 8.30. The highest BCUT2D eigenvalue weighted by molar-refractivity contribution is 8.01. The van der Waals surface area contributed by atoms with E-state index in [2.05, 4.69) is 14.7 Å². The number of ketones is 1. The molecule has 0 saturated heterocycles. The van der Waals surface area contributed by atoms with E-state index in [1.54, 1.807) is 0 Å². The van der Waals surface area contributed by atoms with Crippen LogP contribution in [0.3, 0.4) is 0 Å². The Hall–Kier alpha value is -1.38. The van der Waals surface area contributed by atoms with Crippen LogP contribution in [-0.4, -0.2) is 33.1 Å². The number of nitrogens with zero attached hydrogens (tertiary/aromatic N) is 2. The number of thioether (sulfide) groups is 2. The molecule has 2 aromatic rings. The van der Waals surface area contributed by atoms with Gasteiger partial charge in [0.15, 0.2) is 10.1 Å². The summed E-state index contributed by atoms with van der Waals surface area (Å²) in [5, 5.41) is 3.47. The van der Waals surface area contributed by atoms with Gasteiger partial charge < -0.3 is 5.32 Å². The van der Waals surface area contributed by atoms with Crippen molar-refractivity contribution in [2.24, 2.45) is 0 Å². The van der Waals surface area contributed by atoms with Gasteiger partial charge in [-0.2, -0.15) is 4.37 Å². The first-order valence-corrected chi connectivity index (χ1v) is 9.43. The SMILES string of the molecule is CSc1nsc(SCC(=O)N[C@@H](C(C)=O)c2ccccc2)n1. The summed E-state index contributed by atoms with van der Waals surface area (Å²) in [6.45, 7) is 1.47. The first-order valence-electron chi connectivity index (χ1n) is 6.45. The molecule has 0 aliphatic carbocycles. The average molecular weight is 353 g/mol. The summed E-state index contributed by atoms with van der Waals surface area (Å²) >= 11 is 4.06. The van der Waals surface area contributed by atoms with Crippen LogP contribution in [0, 0.1) is 0 Å². The highest BCUT2D eigenvalue weighted by Crippen LogP contribution is 2.23. The van der Waals surface area contributed by atoms with Gasteiger partial charge in [-0.15, -0.1) is 0 Å². The molecular weight excluding hydrogens is 338 g/mol. The Morgan fingerprint density at radius 1 is 1.32 bits per heavy atom. The number of carbonyl (C=O) groups excluding carboxylic acids is 2. The molecule has 1 amide bonds. The van der Waals surface area contributed by atoms with Gasteiger partial charge in [0.1, 0.15) is 6.04 Å². The number of Topliss-reactive ketones (excluding diaryl/α,β-unsaturated/α-hetero) is 1. The third-order valence-corrected chi connectivity index (χ3v) is 5.24. The minimum Gasteiger partial charge on any atom is -0.341 e. The average Bonchev–Trinajstić information content (AvgIpc) is 2.99. The number of hydrogen-bond acceptors (Lipinski definition) is 7. The number of hydrogen-bond donors (Lipinski definition) is 1. The van der Waals surface area contributed by atoms with Crippen LogP contribution in [0.15, 0.2) is 39.8 Å². The molecular formula is C14H15N3O2S3. The molecule has 116 valence electrons. The quantitative estimate of drug-likeness (QED) is 0.772. The van der Waals surface area contributed by atoms with Crippen LogP contribution in [0.5, 0.6) is 0 Å². The number of carbonyl (C=O) groups is 2.